The number of aliphatic hydroxyl groups excluding tert-OH is 1. The fraction of sp³-hybridized carbons (Fsp3) is 0.0741. The van der Waals surface area contributed by atoms with Crippen molar-refractivity contribution in [3.05, 3.63) is 99.1 Å². The van der Waals surface area contributed by atoms with Crippen molar-refractivity contribution in [2.75, 3.05) is 23.5 Å². The number of aromatic hydroxyl groups is 2. The van der Waals surface area contributed by atoms with E-state index in [1.807, 2.05) is 48.5 Å². The van der Waals surface area contributed by atoms with Crippen molar-refractivity contribution in [1.29, 1.82) is 0 Å². The van der Waals surface area contributed by atoms with Crippen LogP contribution in [0.2, 0.25) is 0 Å². The van der Waals surface area contributed by atoms with Crippen LogP contribution in [0.3, 0.4) is 0 Å². The van der Waals surface area contributed by atoms with E-state index in [2.05, 4.69) is 42.6 Å². The van der Waals surface area contributed by atoms with Gasteiger partial charge in [-0.25, -0.2) is 10.4 Å². The van der Waals surface area contributed by atoms with E-state index >= 15 is 0 Å². The number of phenolic OH excluding ortho intramolecular Hbond substituents is 2. The number of rotatable bonds is 8. The molecule has 0 fully saturated rings. The monoisotopic (exact) mass is 611 g/mol. The number of amides is 1. The van der Waals surface area contributed by atoms with Gasteiger partial charge in [-0.15, -0.1) is 0 Å². The first kappa shape index (κ1) is 25.7. The standard InChI is InChI=1S/C27H23Br2N3O4/c28-22-15-19(25(34)24(29)26(22)35)16-23(31-20-11-10-17-6-4-5-7-18(17)14-20)27(36)32(30-12-13-33)21-8-2-1-3-9-21/h1-11,14-16,30-31,33-35H,12-13H2. The Kier molecular flexibility index (Phi) is 8.27. The summed E-state index contributed by atoms with van der Waals surface area (Å²) in [7, 11) is 0. The number of anilines is 2. The predicted molar refractivity (Wildman–Crippen MR) is 150 cm³/mol. The molecule has 4 rings (SSSR count). The highest BCUT2D eigenvalue weighted by atomic mass is 79.9. The van der Waals surface area contributed by atoms with E-state index in [-0.39, 0.29) is 34.8 Å². The number of para-hydroxylation sites is 1. The van der Waals surface area contributed by atoms with Gasteiger partial charge in [0.1, 0.15) is 21.7 Å². The highest BCUT2D eigenvalue weighted by molar-refractivity contribution is 9.11. The number of hydrogen-bond donors (Lipinski definition) is 5. The average molecular weight is 613 g/mol. The van der Waals surface area contributed by atoms with E-state index in [0.29, 0.717) is 21.4 Å². The van der Waals surface area contributed by atoms with E-state index in [0.717, 1.165) is 10.8 Å². The van der Waals surface area contributed by atoms with Crippen molar-refractivity contribution >= 4 is 66.0 Å². The maximum atomic E-state index is 13.9. The molecule has 9 heteroatoms. The second-order valence-corrected chi connectivity index (χ2v) is 9.46. The van der Waals surface area contributed by atoms with Gasteiger partial charge in [-0.3, -0.25) is 4.79 Å². The van der Waals surface area contributed by atoms with Crippen molar-refractivity contribution in [3.63, 3.8) is 0 Å². The molecule has 0 aromatic heterocycles. The average Bonchev–Trinajstić information content (AvgIpc) is 2.90. The van der Waals surface area contributed by atoms with Gasteiger partial charge in [0.25, 0.3) is 5.91 Å². The molecule has 0 aliphatic rings. The third-order valence-corrected chi connectivity index (χ3v) is 6.71. The van der Waals surface area contributed by atoms with E-state index < -0.39 is 5.91 Å². The fourth-order valence-electron chi connectivity index (χ4n) is 3.60. The Bertz CT molecular complexity index is 1430. The molecule has 1 amide bonds. The SMILES string of the molecule is O=C(C(=Cc1cc(Br)c(O)c(Br)c1O)Nc1ccc2ccccc2c1)N(NCCO)c1ccccc1. The number of benzene rings is 4. The van der Waals surface area contributed by atoms with Crippen LogP contribution in [-0.2, 0) is 4.79 Å². The molecule has 36 heavy (non-hydrogen) atoms. The molecule has 0 aliphatic heterocycles. The lowest BCUT2D eigenvalue weighted by Crippen LogP contribution is -2.46. The third-order valence-electron chi connectivity index (χ3n) is 5.36. The molecule has 0 saturated heterocycles. The smallest absolute Gasteiger partial charge is 0.289 e. The molecular weight excluding hydrogens is 590 g/mol. The normalized spacial score (nSPS) is 11.5. The topological polar surface area (TPSA) is 105 Å². The van der Waals surface area contributed by atoms with Gasteiger partial charge in [-0.05, 0) is 79.0 Å². The molecule has 0 heterocycles. The molecule has 184 valence electrons. The summed E-state index contributed by atoms with van der Waals surface area (Å²) in [6, 6.07) is 24.1. The van der Waals surface area contributed by atoms with Gasteiger partial charge in [0.15, 0.2) is 0 Å². The molecular formula is C27H23Br2N3O4. The second-order valence-electron chi connectivity index (χ2n) is 7.81. The summed E-state index contributed by atoms with van der Waals surface area (Å²) in [4.78, 5) is 13.9. The number of nitrogens with one attached hydrogen (secondary N) is 2. The van der Waals surface area contributed by atoms with Gasteiger partial charge in [0, 0.05) is 17.8 Å². The maximum absolute atomic E-state index is 13.9. The lowest BCUT2D eigenvalue weighted by molar-refractivity contribution is -0.115. The number of fused-ring (bicyclic) bond motifs is 1. The summed E-state index contributed by atoms with van der Waals surface area (Å²) in [5.74, 6) is -0.839. The van der Waals surface area contributed by atoms with Crippen molar-refractivity contribution in [2.45, 2.75) is 0 Å². The zero-order valence-electron chi connectivity index (χ0n) is 19.0. The number of hydrazine groups is 1. The molecule has 7 nitrogen and oxygen atoms in total. The molecule has 0 bridgehead atoms. The lowest BCUT2D eigenvalue weighted by Gasteiger charge is -2.25. The quantitative estimate of drug-likeness (QED) is 0.128. The Labute approximate surface area is 224 Å². The number of hydrogen-bond acceptors (Lipinski definition) is 6. The van der Waals surface area contributed by atoms with Crippen LogP contribution in [0.4, 0.5) is 11.4 Å². The minimum Gasteiger partial charge on any atom is -0.506 e. The van der Waals surface area contributed by atoms with Crippen LogP contribution >= 0.6 is 31.9 Å². The van der Waals surface area contributed by atoms with E-state index in [9.17, 15) is 20.1 Å². The van der Waals surface area contributed by atoms with Gasteiger partial charge in [0.05, 0.1) is 16.8 Å². The number of aliphatic hydroxyl groups is 1. The summed E-state index contributed by atoms with van der Waals surface area (Å²) < 4.78 is 0.438. The number of halogens is 2. The lowest BCUT2D eigenvalue weighted by atomic mass is 10.1. The van der Waals surface area contributed by atoms with Gasteiger partial charge in [0.2, 0.25) is 0 Å². The van der Waals surface area contributed by atoms with Crippen LogP contribution in [0, 0.1) is 0 Å². The van der Waals surface area contributed by atoms with Gasteiger partial charge < -0.3 is 20.6 Å². The highest BCUT2D eigenvalue weighted by Crippen LogP contribution is 2.42. The first-order valence-electron chi connectivity index (χ1n) is 11.0. The predicted octanol–water partition coefficient (Wildman–Crippen LogP) is 5.76. The zero-order chi connectivity index (χ0) is 25.7. The van der Waals surface area contributed by atoms with Crippen LogP contribution in [0.15, 0.2) is 93.5 Å². The first-order chi connectivity index (χ1) is 17.4. The summed E-state index contributed by atoms with van der Waals surface area (Å²) in [6.45, 7) is -0.0299. The Morgan fingerprint density at radius 2 is 1.58 bits per heavy atom. The van der Waals surface area contributed by atoms with Gasteiger partial charge in [-0.2, -0.15) is 0 Å². The van der Waals surface area contributed by atoms with Crippen LogP contribution in [0.1, 0.15) is 5.56 Å². The van der Waals surface area contributed by atoms with Gasteiger partial charge >= 0.3 is 0 Å². The summed E-state index contributed by atoms with van der Waals surface area (Å²) in [5.41, 5.74) is 4.61. The van der Waals surface area contributed by atoms with Crippen LogP contribution < -0.4 is 15.8 Å². The van der Waals surface area contributed by atoms with Crippen LogP contribution in [0.5, 0.6) is 11.5 Å². The van der Waals surface area contributed by atoms with Crippen molar-refractivity contribution in [2.24, 2.45) is 0 Å². The number of phenols is 2. The van der Waals surface area contributed by atoms with Crippen molar-refractivity contribution in [3.8, 4) is 11.5 Å². The molecule has 4 aromatic rings. The summed E-state index contributed by atoms with van der Waals surface area (Å²) in [5, 5.41) is 36.7. The molecule has 0 aliphatic carbocycles. The molecule has 0 spiro atoms. The van der Waals surface area contributed by atoms with E-state index in [1.165, 1.54) is 17.2 Å². The highest BCUT2D eigenvalue weighted by Gasteiger charge is 2.22. The molecule has 5 N–H and O–H groups in total. The summed E-state index contributed by atoms with van der Waals surface area (Å²) in [6.07, 6.45) is 1.50. The number of nitrogens with zero attached hydrogens (tertiary/aromatic N) is 1. The first-order valence-corrected chi connectivity index (χ1v) is 12.6. The van der Waals surface area contributed by atoms with Crippen LogP contribution in [0.25, 0.3) is 16.8 Å². The van der Waals surface area contributed by atoms with E-state index in [4.69, 9.17) is 0 Å². The fourth-order valence-corrected chi connectivity index (χ4v) is 4.75. The zero-order valence-corrected chi connectivity index (χ0v) is 22.1. The second kappa shape index (κ2) is 11.6. The summed E-state index contributed by atoms with van der Waals surface area (Å²) >= 11 is 6.46. The minimum absolute atomic E-state index is 0.0963. The molecule has 0 unspecified atom stereocenters. The molecule has 4 aromatic carbocycles. The maximum Gasteiger partial charge on any atom is 0.289 e. The number of carbonyl (C=O) groups is 1. The minimum atomic E-state index is -0.456. The Hall–Kier alpha value is -3.37. The van der Waals surface area contributed by atoms with Crippen molar-refractivity contribution in [1.82, 2.24) is 5.43 Å². The van der Waals surface area contributed by atoms with Gasteiger partial charge in [-0.1, -0.05) is 48.5 Å². The third kappa shape index (κ3) is 5.71. The van der Waals surface area contributed by atoms with E-state index in [1.54, 1.807) is 24.3 Å². The molecule has 0 radical (unpaired) electrons. The Morgan fingerprint density at radius 1 is 0.889 bits per heavy atom. The van der Waals surface area contributed by atoms with Crippen LogP contribution in [-0.4, -0.2) is 34.4 Å². The molecule has 0 saturated carbocycles. The molecule has 0 atom stereocenters. The largest absolute Gasteiger partial charge is 0.506 e. The Balaban J connectivity index is 1.82. The number of carbonyl (C=O) groups excluding carboxylic acids is 1. The Morgan fingerprint density at radius 3 is 2.31 bits per heavy atom. The van der Waals surface area contributed by atoms with Crippen molar-refractivity contribution < 1.29 is 20.1 Å².